The van der Waals surface area contributed by atoms with E-state index in [2.05, 4.69) is 55.3 Å². The standard InChI is InChI=1S/C21H22N4OS2/c1-4-14-5-7-15(8-6-14)17-10-25-16(11-28-21(25)23-17)9-19(26)24-20-22-18(12-27-20)13(2)3/h5-8,10-13H,4,9H2,1-3H3,(H,22,24,26). The molecule has 0 saturated heterocycles. The maximum atomic E-state index is 12.5. The largest absolute Gasteiger partial charge is 0.302 e. The molecule has 0 fully saturated rings. The molecule has 5 nitrogen and oxygen atoms in total. The Kier molecular flexibility index (Phi) is 5.28. The van der Waals surface area contributed by atoms with E-state index < -0.39 is 0 Å². The van der Waals surface area contributed by atoms with E-state index in [0.29, 0.717) is 17.5 Å². The summed E-state index contributed by atoms with van der Waals surface area (Å²) in [5.74, 6) is 0.293. The lowest BCUT2D eigenvalue weighted by Gasteiger charge is -2.02. The number of benzene rings is 1. The van der Waals surface area contributed by atoms with E-state index in [0.717, 1.165) is 34.0 Å². The van der Waals surface area contributed by atoms with Gasteiger partial charge < -0.3 is 5.32 Å². The molecule has 0 atom stereocenters. The van der Waals surface area contributed by atoms with Crippen molar-refractivity contribution in [2.75, 3.05) is 5.32 Å². The van der Waals surface area contributed by atoms with Crippen LogP contribution in [0.1, 0.15) is 43.6 Å². The van der Waals surface area contributed by atoms with Crippen molar-refractivity contribution in [1.82, 2.24) is 14.4 Å². The minimum atomic E-state index is -0.0631. The Morgan fingerprint density at radius 1 is 1.14 bits per heavy atom. The molecule has 144 valence electrons. The van der Waals surface area contributed by atoms with Crippen molar-refractivity contribution in [1.29, 1.82) is 0 Å². The van der Waals surface area contributed by atoms with Crippen LogP contribution in [0, 0.1) is 0 Å². The van der Waals surface area contributed by atoms with Gasteiger partial charge in [0.1, 0.15) is 0 Å². The van der Waals surface area contributed by atoms with Crippen LogP contribution in [0.25, 0.3) is 16.2 Å². The molecule has 0 unspecified atom stereocenters. The third kappa shape index (κ3) is 3.86. The van der Waals surface area contributed by atoms with Crippen LogP contribution < -0.4 is 5.32 Å². The number of amides is 1. The second-order valence-corrected chi connectivity index (χ2v) is 8.71. The molecule has 7 heteroatoms. The Morgan fingerprint density at radius 2 is 1.93 bits per heavy atom. The average Bonchev–Trinajstić information content (AvgIpc) is 3.39. The van der Waals surface area contributed by atoms with Crippen LogP contribution >= 0.6 is 22.7 Å². The Balaban J connectivity index is 1.50. The van der Waals surface area contributed by atoms with Crippen molar-refractivity contribution in [3.8, 4) is 11.3 Å². The third-order valence-electron chi connectivity index (χ3n) is 4.64. The zero-order valence-electron chi connectivity index (χ0n) is 16.1. The van der Waals surface area contributed by atoms with Gasteiger partial charge in [-0.05, 0) is 17.9 Å². The number of aromatic nitrogens is 3. The molecule has 0 radical (unpaired) electrons. The highest BCUT2D eigenvalue weighted by Gasteiger charge is 2.14. The summed E-state index contributed by atoms with van der Waals surface area (Å²) in [4.78, 5) is 22.6. The smallest absolute Gasteiger partial charge is 0.232 e. The fraction of sp³-hybridized carbons (Fsp3) is 0.286. The summed E-state index contributed by atoms with van der Waals surface area (Å²) in [5.41, 5.74) is 5.27. The average molecular weight is 411 g/mol. The van der Waals surface area contributed by atoms with E-state index in [1.54, 1.807) is 11.3 Å². The molecular weight excluding hydrogens is 388 g/mol. The molecule has 3 aromatic heterocycles. The summed E-state index contributed by atoms with van der Waals surface area (Å²) in [5, 5.41) is 7.55. The molecule has 0 saturated carbocycles. The third-order valence-corrected chi connectivity index (χ3v) is 6.31. The Labute approximate surface area is 172 Å². The van der Waals surface area contributed by atoms with Gasteiger partial charge in [-0.2, -0.15) is 0 Å². The molecular formula is C21H22N4OS2. The van der Waals surface area contributed by atoms with Crippen LogP contribution in [0.5, 0.6) is 0 Å². The number of thiazole rings is 2. The van der Waals surface area contributed by atoms with Crippen LogP contribution in [-0.4, -0.2) is 20.3 Å². The Morgan fingerprint density at radius 3 is 2.61 bits per heavy atom. The lowest BCUT2D eigenvalue weighted by Crippen LogP contribution is -2.15. The topological polar surface area (TPSA) is 59.3 Å². The van der Waals surface area contributed by atoms with Crippen LogP contribution in [0.15, 0.2) is 41.2 Å². The molecule has 4 aromatic rings. The van der Waals surface area contributed by atoms with Crippen molar-refractivity contribution < 1.29 is 4.79 Å². The highest BCUT2D eigenvalue weighted by molar-refractivity contribution is 7.15. The zero-order chi connectivity index (χ0) is 19.7. The van der Waals surface area contributed by atoms with E-state index in [4.69, 9.17) is 4.98 Å². The first-order chi connectivity index (χ1) is 13.5. The van der Waals surface area contributed by atoms with Crippen LogP contribution in [-0.2, 0) is 17.6 Å². The van der Waals surface area contributed by atoms with Gasteiger partial charge in [0.05, 0.1) is 17.8 Å². The van der Waals surface area contributed by atoms with Gasteiger partial charge in [0.15, 0.2) is 10.1 Å². The minimum Gasteiger partial charge on any atom is -0.302 e. The van der Waals surface area contributed by atoms with E-state index in [9.17, 15) is 4.79 Å². The molecule has 4 rings (SSSR count). The second-order valence-electron chi connectivity index (χ2n) is 7.01. The molecule has 28 heavy (non-hydrogen) atoms. The maximum absolute atomic E-state index is 12.5. The quantitative estimate of drug-likeness (QED) is 0.464. The molecule has 1 amide bonds. The number of nitrogens with one attached hydrogen (secondary N) is 1. The van der Waals surface area contributed by atoms with Gasteiger partial charge in [0, 0.05) is 28.2 Å². The maximum Gasteiger partial charge on any atom is 0.232 e. The lowest BCUT2D eigenvalue weighted by molar-refractivity contribution is -0.115. The molecule has 1 aromatic carbocycles. The number of aryl methyl sites for hydroxylation is 1. The SMILES string of the molecule is CCc1ccc(-c2cn3c(CC(=O)Nc4nc(C(C)C)cs4)csc3n2)cc1. The first kappa shape index (κ1) is 18.8. The van der Waals surface area contributed by atoms with Crippen molar-refractivity contribution in [3.63, 3.8) is 0 Å². The van der Waals surface area contributed by atoms with E-state index in [-0.39, 0.29) is 5.91 Å². The first-order valence-corrected chi connectivity index (χ1v) is 11.1. The summed E-state index contributed by atoms with van der Waals surface area (Å²) >= 11 is 3.02. The van der Waals surface area contributed by atoms with Crippen LogP contribution in [0.3, 0.4) is 0 Å². The van der Waals surface area contributed by atoms with Crippen molar-refractivity contribution in [3.05, 3.63) is 58.2 Å². The van der Waals surface area contributed by atoms with Gasteiger partial charge in [-0.3, -0.25) is 9.20 Å². The lowest BCUT2D eigenvalue weighted by atomic mass is 10.1. The van der Waals surface area contributed by atoms with Gasteiger partial charge in [-0.1, -0.05) is 45.0 Å². The molecule has 0 aliphatic carbocycles. The molecule has 0 bridgehead atoms. The number of anilines is 1. The first-order valence-electron chi connectivity index (χ1n) is 9.33. The summed E-state index contributed by atoms with van der Waals surface area (Å²) in [6.07, 6.45) is 3.33. The second kappa shape index (κ2) is 7.85. The Hall–Kier alpha value is -2.51. The summed E-state index contributed by atoms with van der Waals surface area (Å²) in [7, 11) is 0. The van der Waals surface area contributed by atoms with E-state index in [1.807, 2.05) is 21.4 Å². The molecule has 0 aliphatic rings. The predicted octanol–water partition coefficient (Wildman–Crippen LogP) is 5.39. The number of fused-ring (bicyclic) bond motifs is 1. The van der Waals surface area contributed by atoms with Crippen LogP contribution in [0.4, 0.5) is 5.13 Å². The highest BCUT2D eigenvalue weighted by atomic mass is 32.1. The summed E-state index contributed by atoms with van der Waals surface area (Å²) in [6.45, 7) is 6.33. The van der Waals surface area contributed by atoms with Crippen LogP contribution in [0.2, 0.25) is 0 Å². The van der Waals surface area contributed by atoms with Gasteiger partial charge >= 0.3 is 0 Å². The predicted molar refractivity (Wildman–Crippen MR) is 116 cm³/mol. The molecule has 0 aliphatic heterocycles. The van der Waals surface area contributed by atoms with Crippen molar-refractivity contribution in [2.45, 2.75) is 39.5 Å². The molecule has 3 heterocycles. The fourth-order valence-corrected chi connectivity index (χ4v) is 4.70. The minimum absolute atomic E-state index is 0.0631. The summed E-state index contributed by atoms with van der Waals surface area (Å²) in [6, 6.07) is 8.48. The number of hydrogen-bond donors (Lipinski definition) is 1. The fourth-order valence-electron chi connectivity index (χ4n) is 2.94. The number of rotatable bonds is 6. The molecule has 0 spiro atoms. The van der Waals surface area contributed by atoms with Crippen molar-refractivity contribution in [2.24, 2.45) is 0 Å². The monoisotopic (exact) mass is 410 g/mol. The summed E-state index contributed by atoms with van der Waals surface area (Å²) < 4.78 is 2.01. The number of nitrogens with zero attached hydrogens (tertiary/aromatic N) is 3. The van der Waals surface area contributed by atoms with Gasteiger partial charge in [-0.25, -0.2) is 9.97 Å². The normalized spacial score (nSPS) is 11.4. The van der Waals surface area contributed by atoms with Crippen molar-refractivity contribution >= 4 is 38.7 Å². The van der Waals surface area contributed by atoms with Gasteiger partial charge in [0.2, 0.25) is 5.91 Å². The number of carbonyl (C=O) groups is 1. The zero-order valence-corrected chi connectivity index (χ0v) is 17.7. The number of hydrogen-bond acceptors (Lipinski definition) is 5. The van der Waals surface area contributed by atoms with E-state index >= 15 is 0 Å². The van der Waals surface area contributed by atoms with Gasteiger partial charge in [0.25, 0.3) is 0 Å². The molecule has 1 N–H and O–H groups in total. The Bertz CT molecular complexity index is 1110. The van der Waals surface area contributed by atoms with E-state index in [1.165, 1.54) is 16.9 Å². The number of carbonyl (C=O) groups excluding carboxylic acids is 1. The highest BCUT2D eigenvalue weighted by Crippen LogP contribution is 2.25. The number of imidazole rings is 1. The van der Waals surface area contributed by atoms with Gasteiger partial charge in [-0.15, -0.1) is 22.7 Å².